The zero-order valence-corrected chi connectivity index (χ0v) is 18.8. The van der Waals surface area contributed by atoms with Gasteiger partial charge in [0.05, 0.1) is 45.5 Å². The lowest BCUT2D eigenvalue weighted by Crippen LogP contribution is -2.42. The third-order valence-corrected chi connectivity index (χ3v) is 5.19. The Hall–Kier alpha value is -3.11. The number of rotatable bonds is 7. The van der Waals surface area contributed by atoms with Crippen LogP contribution in [0.25, 0.3) is 11.3 Å². The van der Waals surface area contributed by atoms with Crippen LogP contribution >= 0.6 is 11.3 Å². The van der Waals surface area contributed by atoms with Crippen molar-refractivity contribution in [3.8, 4) is 11.3 Å². The summed E-state index contributed by atoms with van der Waals surface area (Å²) in [6.07, 6.45) is -4.41. The molecule has 1 aromatic heterocycles. The molecule has 0 spiro atoms. The summed E-state index contributed by atoms with van der Waals surface area (Å²) in [4.78, 5) is 16.6. The van der Waals surface area contributed by atoms with E-state index in [9.17, 15) is 18.0 Å². The molecule has 10 heteroatoms. The van der Waals surface area contributed by atoms with Crippen LogP contribution in [0.15, 0.2) is 53.9 Å². The van der Waals surface area contributed by atoms with E-state index in [1.165, 1.54) is 17.4 Å². The van der Waals surface area contributed by atoms with Crippen LogP contribution in [-0.4, -0.2) is 49.7 Å². The molecule has 0 radical (unpaired) electrons. The van der Waals surface area contributed by atoms with E-state index in [-0.39, 0.29) is 6.03 Å². The molecule has 3 N–H and O–H groups in total. The molecule has 0 saturated heterocycles. The fraction of sp³-hybridized carbons (Fsp3) is 0.273. The number of halogens is 3. The van der Waals surface area contributed by atoms with Gasteiger partial charge >= 0.3 is 12.2 Å². The Balaban J connectivity index is 1.64. The minimum atomic E-state index is -4.41. The summed E-state index contributed by atoms with van der Waals surface area (Å²) in [7, 11) is 6.15. The topological polar surface area (TPSA) is 66.1 Å². The van der Waals surface area contributed by atoms with E-state index >= 15 is 0 Å². The summed E-state index contributed by atoms with van der Waals surface area (Å²) in [6.45, 7) is 1.35. The first-order chi connectivity index (χ1) is 15.0. The molecule has 0 aliphatic rings. The number of nitrogens with one attached hydrogen (secondary N) is 3. The van der Waals surface area contributed by atoms with E-state index in [0.717, 1.165) is 28.7 Å². The zero-order valence-electron chi connectivity index (χ0n) is 18.0. The third kappa shape index (κ3) is 6.96. The number of benzene rings is 2. The van der Waals surface area contributed by atoms with Gasteiger partial charge in [-0.05, 0) is 30.3 Å². The Labute approximate surface area is 188 Å². The molecule has 0 aliphatic carbocycles. The molecule has 0 aliphatic heterocycles. The first kappa shape index (κ1) is 23.6. The van der Waals surface area contributed by atoms with Gasteiger partial charge in [-0.15, -0.1) is 11.3 Å². The zero-order chi connectivity index (χ0) is 23.4. The number of thiazole rings is 1. The molecule has 0 unspecified atom stereocenters. The molecule has 170 valence electrons. The van der Waals surface area contributed by atoms with E-state index in [1.807, 2.05) is 27.2 Å². The average molecular weight is 465 g/mol. The van der Waals surface area contributed by atoms with Crippen molar-refractivity contribution in [2.75, 3.05) is 44.9 Å². The minimum absolute atomic E-state index is 0.291. The first-order valence-corrected chi connectivity index (χ1v) is 10.7. The first-order valence-electron chi connectivity index (χ1n) is 9.85. The SMILES string of the molecule is C[N+](C)(C)CCNC(=O)Nc1cccc(-c2csc(Nc3cccc(C(F)(F)F)c3)n2)c1. The predicted octanol–water partition coefficient (Wildman–Crippen LogP) is 5.40. The fourth-order valence-corrected chi connectivity index (χ4v) is 3.54. The molecule has 1 heterocycles. The molecule has 2 aromatic carbocycles. The van der Waals surface area contributed by atoms with Crippen molar-refractivity contribution in [1.82, 2.24) is 10.3 Å². The van der Waals surface area contributed by atoms with Crippen LogP contribution in [0.3, 0.4) is 0 Å². The standard InChI is InChI=1S/C22H24F3N5OS/c1-30(2,3)11-10-26-20(31)27-17-8-4-6-15(12-17)19-14-32-21(29-19)28-18-9-5-7-16(13-18)22(23,24)25/h4-9,12-14H,10-11H2,1-3H3,(H2-,26,27,28,29,31)/p+1. The van der Waals surface area contributed by atoms with Gasteiger partial charge in [-0.2, -0.15) is 13.2 Å². The van der Waals surface area contributed by atoms with Crippen molar-refractivity contribution in [1.29, 1.82) is 0 Å². The number of hydrogen-bond acceptors (Lipinski definition) is 4. The molecule has 0 bridgehead atoms. The lowest BCUT2D eigenvalue weighted by molar-refractivity contribution is -0.869. The number of carbonyl (C=O) groups is 1. The van der Waals surface area contributed by atoms with Crippen LogP contribution in [0.2, 0.25) is 0 Å². The number of alkyl halides is 3. The minimum Gasteiger partial charge on any atom is -0.332 e. The molecule has 0 atom stereocenters. The number of quaternary nitrogens is 1. The van der Waals surface area contributed by atoms with Gasteiger partial charge in [-0.25, -0.2) is 9.78 Å². The Bertz CT molecular complexity index is 1080. The summed E-state index contributed by atoms with van der Waals surface area (Å²) >= 11 is 1.28. The van der Waals surface area contributed by atoms with Crippen molar-refractivity contribution in [3.05, 3.63) is 59.5 Å². The average Bonchev–Trinajstić information content (AvgIpc) is 3.15. The van der Waals surface area contributed by atoms with Gasteiger partial charge in [0.2, 0.25) is 0 Å². The van der Waals surface area contributed by atoms with Crippen LogP contribution in [0.5, 0.6) is 0 Å². The quantitative estimate of drug-likeness (QED) is 0.410. The normalized spacial score (nSPS) is 11.8. The fourth-order valence-electron chi connectivity index (χ4n) is 2.80. The highest BCUT2D eigenvalue weighted by Crippen LogP contribution is 2.33. The smallest absolute Gasteiger partial charge is 0.332 e. The molecule has 0 saturated carbocycles. The van der Waals surface area contributed by atoms with E-state index in [0.29, 0.717) is 28.7 Å². The maximum atomic E-state index is 12.9. The van der Waals surface area contributed by atoms with E-state index in [4.69, 9.17) is 0 Å². The number of amides is 2. The van der Waals surface area contributed by atoms with Crippen LogP contribution in [-0.2, 0) is 6.18 Å². The highest BCUT2D eigenvalue weighted by molar-refractivity contribution is 7.14. The molecule has 32 heavy (non-hydrogen) atoms. The van der Waals surface area contributed by atoms with Gasteiger partial charge in [0, 0.05) is 22.3 Å². The Morgan fingerprint density at radius 3 is 2.50 bits per heavy atom. The number of likely N-dealkylation sites (N-methyl/N-ethyl adjacent to an activating group) is 1. The maximum Gasteiger partial charge on any atom is 0.416 e. The van der Waals surface area contributed by atoms with E-state index in [1.54, 1.807) is 29.6 Å². The lowest BCUT2D eigenvalue weighted by Gasteiger charge is -2.23. The van der Waals surface area contributed by atoms with Crippen LogP contribution in [0, 0.1) is 0 Å². The van der Waals surface area contributed by atoms with Crippen molar-refractivity contribution < 1.29 is 22.4 Å². The van der Waals surface area contributed by atoms with Crippen LogP contribution < -0.4 is 16.0 Å². The van der Waals surface area contributed by atoms with Gasteiger partial charge < -0.3 is 20.4 Å². The molecular weight excluding hydrogens is 439 g/mol. The molecule has 3 rings (SSSR count). The second kappa shape index (κ2) is 9.58. The van der Waals surface area contributed by atoms with E-state index < -0.39 is 11.7 Å². The number of nitrogens with zero attached hydrogens (tertiary/aromatic N) is 2. The van der Waals surface area contributed by atoms with Gasteiger partial charge in [-0.3, -0.25) is 0 Å². The van der Waals surface area contributed by atoms with Crippen molar-refractivity contribution >= 4 is 33.9 Å². The highest BCUT2D eigenvalue weighted by atomic mass is 32.1. The Morgan fingerprint density at radius 2 is 1.78 bits per heavy atom. The predicted molar refractivity (Wildman–Crippen MR) is 122 cm³/mol. The second-order valence-corrected chi connectivity index (χ2v) is 9.08. The molecular formula is C22H25F3N5OS+. The van der Waals surface area contributed by atoms with Crippen molar-refractivity contribution in [2.45, 2.75) is 6.18 Å². The van der Waals surface area contributed by atoms with Crippen LogP contribution in [0.4, 0.5) is 34.5 Å². The lowest BCUT2D eigenvalue weighted by atomic mass is 10.1. The van der Waals surface area contributed by atoms with Gasteiger partial charge in [-0.1, -0.05) is 18.2 Å². The summed E-state index contributed by atoms with van der Waals surface area (Å²) in [5.41, 5.74) is 1.63. The summed E-state index contributed by atoms with van der Waals surface area (Å²) in [6, 6.07) is 11.9. The number of anilines is 3. The van der Waals surface area contributed by atoms with Crippen molar-refractivity contribution in [3.63, 3.8) is 0 Å². The molecule has 2 amide bonds. The summed E-state index contributed by atoms with van der Waals surface area (Å²) in [5.74, 6) is 0. The molecule has 6 nitrogen and oxygen atoms in total. The third-order valence-electron chi connectivity index (χ3n) is 4.43. The van der Waals surface area contributed by atoms with Gasteiger partial charge in [0.1, 0.15) is 0 Å². The van der Waals surface area contributed by atoms with Gasteiger partial charge in [0.25, 0.3) is 0 Å². The van der Waals surface area contributed by atoms with E-state index in [2.05, 4.69) is 20.9 Å². The maximum absolute atomic E-state index is 12.9. The molecule has 3 aromatic rings. The Kier molecular flexibility index (Phi) is 7.05. The summed E-state index contributed by atoms with van der Waals surface area (Å²) < 4.78 is 39.5. The van der Waals surface area contributed by atoms with Crippen LogP contribution in [0.1, 0.15) is 5.56 Å². The number of urea groups is 1. The number of hydrogen-bond donors (Lipinski definition) is 3. The monoisotopic (exact) mass is 464 g/mol. The summed E-state index contributed by atoms with van der Waals surface area (Å²) in [5, 5.41) is 10.8. The Morgan fingerprint density at radius 1 is 1.06 bits per heavy atom. The number of carbonyl (C=O) groups excluding carboxylic acids is 1. The highest BCUT2D eigenvalue weighted by Gasteiger charge is 2.30. The second-order valence-electron chi connectivity index (χ2n) is 8.22. The largest absolute Gasteiger partial charge is 0.416 e. The number of aromatic nitrogens is 1. The van der Waals surface area contributed by atoms with Crippen molar-refractivity contribution in [2.24, 2.45) is 0 Å². The molecule has 0 fully saturated rings. The van der Waals surface area contributed by atoms with Gasteiger partial charge in [0.15, 0.2) is 5.13 Å².